The Morgan fingerprint density at radius 2 is 1.94 bits per heavy atom. The Bertz CT molecular complexity index is 546. The molecule has 1 aromatic carbocycles. The summed E-state index contributed by atoms with van der Waals surface area (Å²) < 4.78 is 0. The maximum Gasteiger partial charge on any atom is 0.316 e. The Labute approximate surface area is 98.7 Å². The van der Waals surface area contributed by atoms with Crippen LogP contribution in [0.5, 0.6) is 0 Å². The SMILES string of the molecule is O=C(O)[C@@H]1C=CCC2=C1Nc1ccccc1N2. The number of allylic oxidation sites excluding steroid dienone is 1. The number of hydrogen-bond donors (Lipinski definition) is 3. The van der Waals surface area contributed by atoms with E-state index < -0.39 is 11.9 Å². The van der Waals surface area contributed by atoms with Crippen molar-refractivity contribution in [2.24, 2.45) is 5.92 Å². The number of carboxylic acid groups (broad SMARTS) is 1. The van der Waals surface area contributed by atoms with Crippen LogP contribution in [0.2, 0.25) is 0 Å². The summed E-state index contributed by atoms with van der Waals surface area (Å²) in [6, 6.07) is 7.78. The summed E-state index contributed by atoms with van der Waals surface area (Å²) >= 11 is 0. The molecule has 0 unspecified atom stereocenters. The van der Waals surface area contributed by atoms with Crippen molar-refractivity contribution >= 4 is 17.3 Å². The Morgan fingerprint density at radius 3 is 2.65 bits per heavy atom. The van der Waals surface area contributed by atoms with Crippen LogP contribution in [0.25, 0.3) is 0 Å². The van der Waals surface area contributed by atoms with Gasteiger partial charge in [-0.2, -0.15) is 0 Å². The van der Waals surface area contributed by atoms with Crippen LogP contribution < -0.4 is 10.6 Å². The van der Waals surface area contributed by atoms with E-state index in [4.69, 9.17) is 0 Å². The van der Waals surface area contributed by atoms with Gasteiger partial charge in [0.15, 0.2) is 0 Å². The molecular formula is C13H12N2O2. The van der Waals surface area contributed by atoms with Crippen molar-refractivity contribution in [1.82, 2.24) is 0 Å². The van der Waals surface area contributed by atoms with Crippen molar-refractivity contribution in [3.05, 3.63) is 47.8 Å². The molecule has 2 aliphatic rings. The first-order valence-electron chi connectivity index (χ1n) is 5.51. The molecule has 1 aliphatic heterocycles. The minimum absolute atomic E-state index is 0.584. The van der Waals surface area contributed by atoms with Gasteiger partial charge in [-0.1, -0.05) is 24.3 Å². The van der Waals surface area contributed by atoms with Gasteiger partial charge in [-0.15, -0.1) is 0 Å². The Balaban J connectivity index is 2.01. The van der Waals surface area contributed by atoms with Crippen LogP contribution in [0.3, 0.4) is 0 Å². The van der Waals surface area contributed by atoms with Gasteiger partial charge in [-0.3, -0.25) is 4.79 Å². The normalized spacial score (nSPS) is 21.1. The summed E-state index contributed by atoms with van der Waals surface area (Å²) in [5.74, 6) is -1.42. The molecule has 1 aromatic rings. The summed E-state index contributed by atoms with van der Waals surface area (Å²) in [7, 11) is 0. The number of para-hydroxylation sites is 2. The largest absolute Gasteiger partial charge is 0.481 e. The number of carbonyl (C=O) groups is 1. The third kappa shape index (κ3) is 1.58. The number of fused-ring (bicyclic) bond motifs is 1. The second-order valence-corrected chi connectivity index (χ2v) is 4.14. The maximum atomic E-state index is 11.2. The minimum atomic E-state index is -0.831. The fraction of sp³-hybridized carbons (Fsp3) is 0.154. The first-order chi connectivity index (χ1) is 8.25. The standard InChI is InChI=1S/C13H12N2O2/c16-13(17)8-4-3-7-11-12(8)15-10-6-2-1-5-9(10)14-11/h1-6,8,14-15H,7H2,(H,16,17)/t8-/m1/s1. The lowest BCUT2D eigenvalue weighted by Gasteiger charge is -2.30. The molecule has 1 aliphatic carbocycles. The van der Waals surface area contributed by atoms with Gasteiger partial charge < -0.3 is 15.7 Å². The highest BCUT2D eigenvalue weighted by molar-refractivity contribution is 5.83. The van der Waals surface area contributed by atoms with Crippen molar-refractivity contribution in [2.45, 2.75) is 6.42 Å². The molecule has 0 bridgehead atoms. The molecule has 4 heteroatoms. The molecule has 0 saturated carbocycles. The van der Waals surface area contributed by atoms with Crippen molar-refractivity contribution < 1.29 is 9.90 Å². The van der Waals surface area contributed by atoms with E-state index >= 15 is 0 Å². The van der Waals surface area contributed by atoms with Crippen LogP contribution in [-0.4, -0.2) is 11.1 Å². The van der Waals surface area contributed by atoms with E-state index in [-0.39, 0.29) is 0 Å². The van der Waals surface area contributed by atoms with Gasteiger partial charge in [0.05, 0.1) is 17.1 Å². The average Bonchev–Trinajstić information content (AvgIpc) is 2.35. The number of carboxylic acids is 1. The second kappa shape index (κ2) is 3.66. The molecule has 4 nitrogen and oxygen atoms in total. The lowest BCUT2D eigenvalue weighted by molar-refractivity contribution is -0.138. The zero-order valence-electron chi connectivity index (χ0n) is 9.10. The quantitative estimate of drug-likeness (QED) is 0.646. The molecular weight excluding hydrogens is 216 g/mol. The fourth-order valence-corrected chi connectivity index (χ4v) is 2.20. The third-order valence-electron chi connectivity index (χ3n) is 3.03. The first kappa shape index (κ1) is 9.96. The highest BCUT2D eigenvalue weighted by Gasteiger charge is 2.28. The van der Waals surface area contributed by atoms with E-state index in [0.717, 1.165) is 29.2 Å². The van der Waals surface area contributed by atoms with Crippen LogP contribution in [-0.2, 0) is 4.79 Å². The highest BCUT2D eigenvalue weighted by Crippen LogP contribution is 2.35. The molecule has 1 heterocycles. The van der Waals surface area contributed by atoms with Crippen molar-refractivity contribution in [3.8, 4) is 0 Å². The van der Waals surface area contributed by atoms with Gasteiger partial charge in [0.25, 0.3) is 0 Å². The van der Waals surface area contributed by atoms with E-state index in [0.29, 0.717) is 0 Å². The summed E-state index contributed by atoms with van der Waals surface area (Å²) in [5.41, 5.74) is 3.61. The summed E-state index contributed by atoms with van der Waals surface area (Å²) in [4.78, 5) is 11.2. The van der Waals surface area contributed by atoms with E-state index in [1.165, 1.54) is 0 Å². The molecule has 86 valence electrons. The molecule has 1 atom stereocenters. The van der Waals surface area contributed by atoms with Gasteiger partial charge in [0.1, 0.15) is 5.92 Å². The van der Waals surface area contributed by atoms with Gasteiger partial charge in [0, 0.05) is 12.1 Å². The number of hydrogen-bond acceptors (Lipinski definition) is 3. The van der Waals surface area contributed by atoms with E-state index in [1.807, 2.05) is 30.3 Å². The molecule has 17 heavy (non-hydrogen) atoms. The Hall–Kier alpha value is -2.23. The molecule has 0 spiro atoms. The Kier molecular flexibility index (Phi) is 2.14. The first-order valence-corrected chi connectivity index (χ1v) is 5.51. The van der Waals surface area contributed by atoms with Crippen LogP contribution >= 0.6 is 0 Å². The smallest absolute Gasteiger partial charge is 0.316 e. The topological polar surface area (TPSA) is 61.4 Å². The third-order valence-corrected chi connectivity index (χ3v) is 3.03. The van der Waals surface area contributed by atoms with Crippen molar-refractivity contribution in [3.63, 3.8) is 0 Å². The predicted octanol–water partition coefficient (Wildman–Crippen LogP) is 2.40. The number of anilines is 2. The van der Waals surface area contributed by atoms with Gasteiger partial charge in [-0.05, 0) is 12.1 Å². The molecule has 0 radical (unpaired) electrons. The average molecular weight is 228 g/mol. The number of aliphatic carboxylic acids is 1. The molecule has 0 saturated heterocycles. The van der Waals surface area contributed by atoms with Crippen molar-refractivity contribution in [2.75, 3.05) is 10.6 Å². The summed E-state index contributed by atoms with van der Waals surface area (Å²) in [6.07, 6.45) is 4.35. The Morgan fingerprint density at radius 1 is 1.24 bits per heavy atom. The van der Waals surface area contributed by atoms with Crippen LogP contribution in [0.1, 0.15) is 6.42 Å². The van der Waals surface area contributed by atoms with Gasteiger partial charge >= 0.3 is 5.97 Å². The molecule has 0 aromatic heterocycles. The number of rotatable bonds is 1. The molecule has 3 N–H and O–H groups in total. The summed E-state index contributed by atoms with van der Waals surface area (Å²) in [5, 5.41) is 15.7. The molecule has 3 rings (SSSR count). The van der Waals surface area contributed by atoms with Crippen LogP contribution in [0.15, 0.2) is 47.8 Å². The van der Waals surface area contributed by atoms with E-state index in [1.54, 1.807) is 6.08 Å². The van der Waals surface area contributed by atoms with Crippen molar-refractivity contribution in [1.29, 1.82) is 0 Å². The van der Waals surface area contributed by atoms with Crippen LogP contribution in [0, 0.1) is 5.92 Å². The zero-order chi connectivity index (χ0) is 11.8. The van der Waals surface area contributed by atoms with E-state index in [9.17, 15) is 9.90 Å². The lowest BCUT2D eigenvalue weighted by atomic mass is 9.94. The minimum Gasteiger partial charge on any atom is -0.481 e. The van der Waals surface area contributed by atoms with Crippen LogP contribution in [0.4, 0.5) is 11.4 Å². The lowest BCUT2D eigenvalue weighted by Crippen LogP contribution is -2.28. The monoisotopic (exact) mass is 228 g/mol. The number of nitrogens with one attached hydrogen (secondary N) is 2. The zero-order valence-corrected chi connectivity index (χ0v) is 9.10. The van der Waals surface area contributed by atoms with Gasteiger partial charge in [0.2, 0.25) is 0 Å². The summed E-state index contributed by atoms with van der Waals surface area (Å²) in [6.45, 7) is 0. The van der Waals surface area contributed by atoms with Gasteiger partial charge in [-0.25, -0.2) is 0 Å². The fourth-order valence-electron chi connectivity index (χ4n) is 2.20. The van der Waals surface area contributed by atoms with E-state index in [2.05, 4.69) is 10.6 Å². The maximum absolute atomic E-state index is 11.2. The number of benzene rings is 1. The predicted molar refractivity (Wildman–Crippen MR) is 65.6 cm³/mol. The molecule has 0 fully saturated rings. The highest BCUT2D eigenvalue weighted by atomic mass is 16.4. The second-order valence-electron chi connectivity index (χ2n) is 4.14. The molecule has 0 amide bonds.